The highest BCUT2D eigenvalue weighted by Gasteiger charge is 2.11. The van der Waals surface area contributed by atoms with Gasteiger partial charge in [-0.05, 0) is 36.6 Å². The number of aromatic nitrogens is 1. The van der Waals surface area contributed by atoms with Crippen LogP contribution in [0, 0.1) is 6.92 Å². The molecule has 0 unspecified atom stereocenters. The van der Waals surface area contributed by atoms with Gasteiger partial charge in [0.25, 0.3) is 0 Å². The highest BCUT2D eigenvalue weighted by atomic mass is 79.9. The molecule has 0 atom stereocenters. The molecule has 0 amide bonds. The Bertz CT molecular complexity index is 706. The number of oxazole rings is 1. The van der Waals surface area contributed by atoms with E-state index in [0.717, 1.165) is 26.5 Å². The molecule has 0 spiro atoms. The van der Waals surface area contributed by atoms with Gasteiger partial charge in [-0.3, -0.25) is 0 Å². The quantitative estimate of drug-likeness (QED) is 0.713. The van der Waals surface area contributed by atoms with Gasteiger partial charge in [0.15, 0.2) is 0 Å². The maximum Gasteiger partial charge on any atom is 0.236 e. The Morgan fingerprint density at radius 3 is 2.95 bits per heavy atom. The third-order valence-corrected chi connectivity index (χ3v) is 4.26. The molecule has 0 aliphatic heterocycles. The van der Waals surface area contributed by atoms with Gasteiger partial charge in [0, 0.05) is 10.2 Å². The molecule has 2 heterocycles. The lowest BCUT2D eigenvalue weighted by atomic mass is 10.3. The van der Waals surface area contributed by atoms with E-state index in [0.29, 0.717) is 12.4 Å². The standard InChI is InChI=1S/C15H13BrN2OS/c1-10-13(9-17-12-5-2-4-11(16)8-12)18-15(19-10)14-6-3-7-20-14/h2-8,17H,9H2,1H3. The summed E-state index contributed by atoms with van der Waals surface area (Å²) in [5.41, 5.74) is 1.99. The van der Waals surface area contributed by atoms with Crippen LogP contribution in [0.25, 0.3) is 10.8 Å². The van der Waals surface area contributed by atoms with E-state index in [1.807, 2.05) is 48.7 Å². The van der Waals surface area contributed by atoms with Gasteiger partial charge in [0.1, 0.15) is 11.5 Å². The molecular formula is C15H13BrN2OS. The molecule has 0 saturated carbocycles. The molecule has 0 bridgehead atoms. The Kier molecular flexibility index (Phi) is 3.89. The van der Waals surface area contributed by atoms with Crippen molar-refractivity contribution in [1.82, 2.24) is 4.98 Å². The van der Waals surface area contributed by atoms with Crippen molar-refractivity contribution in [2.75, 3.05) is 5.32 Å². The highest BCUT2D eigenvalue weighted by Crippen LogP contribution is 2.26. The van der Waals surface area contributed by atoms with Gasteiger partial charge in [-0.15, -0.1) is 11.3 Å². The molecule has 5 heteroatoms. The van der Waals surface area contributed by atoms with Gasteiger partial charge in [-0.1, -0.05) is 28.1 Å². The van der Waals surface area contributed by atoms with Gasteiger partial charge in [0.2, 0.25) is 5.89 Å². The average molecular weight is 349 g/mol. The number of benzene rings is 1. The second kappa shape index (κ2) is 5.81. The molecule has 0 radical (unpaired) electrons. The Balaban J connectivity index is 1.75. The second-order valence-corrected chi connectivity index (χ2v) is 6.23. The average Bonchev–Trinajstić information content (AvgIpc) is 3.06. The molecule has 102 valence electrons. The largest absolute Gasteiger partial charge is 0.440 e. The fourth-order valence-electron chi connectivity index (χ4n) is 1.88. The maximum atomic E-state index is 5.72. The Labute approximate surface area is 129 Å². The van der Waals surface area contributed by atoms with Gasteiger partial charge in [-0.25, -0.2) is 4.98 Å². The van der Waals surface area contributed by atoms with Gasteiger partial charge >= 0.3 is 0 Å². The summed E-state index contributed by atoms with van der Waals surface area (Å²) in [7, 11) is 0. The molecule has 3 nitrogen and oxygen atoms in total. The number of nitrogens with one attached hydrogen (secondary N) is 1. The number of rotatable bonds is 4. The topological polar surface area (TPSA) is 38.1 Å². The molecule has 3 aromatic rings. The first-order chi connectivity index (χ1) is 9.72. The summed E-state index contributed by atoms with van der Waals surface area (Å²) in [5, 5.41) is 5.37. The van der Waals surface area contributed by atoms with Crippen molar-refractivity contribution >= 4 is 33.0 Å². The van der Waals surface area contributed by atoms with E-state index in [1.165, 1.54) is 0 Å². The number of nitrogens with zero attached hydrogens (tertiary/aromatic N) is 1. The Hall–Kier alpha value is -1.59. The van der Waals surface area contributed by atoms with Crippen LogP contribution in [0.4, 0.5) is 5.69 Å². The van der Waals surface area contributed by atoms with Crippen molar-refractivity contribution in [3.05, 3.63) is 57.7 Å². The third-order valence-electron chi connectivity index (χ3n) is 2.91. The predicted octanol–water partition coefficient (Wildman–Crippen LogP) is 5.09. The van der Waals surface area contributed by atoms with Crippen molar-refractivity contribution < 1.29 is 4.42 Å². The number of aryl methyl sites for hydroxylation is 1. The minimum absolute atomic E-state index is 0.650. The van der Waals surface area contributed by atoms with Crippen LogP contribution in [0.2, 0.25) is 0 Å². The summed E-state index contributed by atoms with van der Waals surface area (Å²) in [6.07, 6.45) is 0. The Morgan fingerprint density at radius 1 is 1.30 bits per heavy atom. The molecule has 1 aromatic carbocycles. The summed E-state index contributed by atoms with van der Waals surface area (Å²) in [6, 6.07) is 12.1. The molecule has 1 N–H and O–H groups in total. The molecule has 0 aliphatic rings. The van der Waals surface area contributed by atoms with Crippen LogP contribution >= 0.6 is 27.3 Å². The van der Waals surface area contributed by atoms with Gasteiger partial charge in [0.05, 0.1) is 11.4 Å². The molecule has 0 fully saturated rings. The predicted molar refractivity (Wildman–Crippen MR) is 86.0 cm³/mol. The molecule has 2 aromatic heterocycles. The zero-order chi connectivity index (χ0) is 13.9. The van der Waals surface area contributed by atoms with Crippen LogP contribution in [-0.2, 0) is 6.54 Å². The van der Waals surface area contributed by atoms with E-state index in [1.54, 1.807) is 11.3 Å². The first kappa shape index (κ1) is 13.4. The van der Waals surface area contributed by atoms with Crippen molar-refractivity contribution in [3.63, 3.8) is 0 Å². The van der Waals surface area contributed by atoms with Crippen molar-refractivity contribution in [1.29, 1.82) is 0 Å². The first-order valence-electron chi connectivity index (χ1n) is 6.22. The lowest BCUT2D eigenvalue weighted by Gasteiger charge is -2.04. The second-order valence-electron chi connectivity index (χ2n) is 4.36. The van der Waals surface area contributed by atoms with E-state index in [9.17, 15) is 0 Å². The van der Waals surface area contributed by atoms with Crippen molar-refractivity contribution in [2.45, 2.75) is 13.5 Å². The van der Waals surface area contributed by atoms with Crippen LogP contribution in [0.15, 0.2) is 50.7 Å². The normalized spacial score (nSPS) is 10.7. The van der Waals surface area contributed by atoms with Crippen molar-refractivity contribution in [2.24, 2.45) is 0 Å². The lowest BCUT2D eigenvalue weighted by Crippen LogP contribution is -2.00. The first-order valence-corrected chi connectivity index (χ1v) is 7.89. The number of hydrogen-bond donors (Lipinski definition) is 1. The lowest BCUT2D eigenvalue weighted by molar-refractivity contribution is 0.541. The zero-order valence-corrected chi connectivity index (χ0v) is 13.3. The molecular weight excluding hydrogens is 336 g/mol. The zero-order valence-electron chi connectivity index (χ0n) is 10.9. The van der Waals surface area contributed by atoms with Gasteiger partial charge in [-0.2, -0.15) is 0 Å². The van der Waals surface area contributed by atoms with Crippen molar-refractivity contribution in [3.8, 4) is 10.8 Å². The van der Waals surface area contributed by atoms with Crippen LogP contribution in [-0.4, -0.2) is 4.98 Å². The van der Waals surface area contributed by atoms with Crippen LogP contribution < -0.4 is 5.32 Å². The van der Waals surface area contributed by atoms with Gasteiger partial charge < -0.3 is 9.73 Å². The van der Waals surface area contributed by atoms with Crippen LogP contribution in [0.1, 0.15) is 11.5 Å². The summed E-state index contributed by atoms with van der Waals surface area (Å²) in [5.74, 6) is 1.56. The molecule has 0 saturated heterocycles. The van der Waals surface area contributed by atoms with E-state index in [-0.39, 0.29) is 0 Å². The molecule has 0 aliphatic carbocycles. The highest BCUT2D eigenvalue weighted by molar-refractivity contribution is 9.10. The number of hydrogen-bond acceptors (Lipinski definition) is 4. The van der Waals surface area contributed by atoms with E-state index >= 15 is 0 Å². The van der Waals surface area contributed by atoms with E-state index < -0.39 is 0 Å². The number of anilines is 1. The number of thiophene rings is 1. The van der Waals surface area contributed by atoms with E-state index in [2.05, 4.69) is 26.2 Å². The minimum atomic E-state index is 0.650. The summed E-state index contributed by atoms with van der Waals surface area (Å²) < 4.78 is 6.78. The summed E-state index contributed by atoms with van der Waals surface area (Å²) in [4.78, 5) is 5.62. The third kappa shape index (κ3) is 2.94. The molecule has 20 heavy (non-hydrogen) atoms. The van der Waals surface area contributed by atoms with Crippen LogP contribution in [0.3, 0.4) is 0 Å². The monoisotopic (exact) mass is 348 g/mol. The molecule has 3 rings (SSSR count). The smallest absolute Gasteiger partial charge is 0.236 e. The SMILES string of the molecule is Cc1oc(-c2cccs2)nc1CNc1cccc(Br)c1. The fraction of sp³-hybridized carbons (Fsp3) is 0.133. The fourth-order valence-corrected chi connectivity index (χ4v) is 2.93. The Morgan fingerprint density at radius 2 is 2.20 bits per heavy atom. The van der Waals surface area contributed by atoms with Crippen LogP contribution in [0.5, 0.6) is 0 Å². The summed E-state index contributed by atoms with van der Waals surface area (Å²) in [6.45, 7) is 2.60. The minimum Gasteiger partial charge on any atom is -0.440 e. The number of halogens is 1. The maximum absolute atomic E-state index is 5.72. The van der Waals surface area contributed by atoms with E-state index in [4.69, 9.17) is 4.42 Å². The summed E-state index contributed by atoms with van der Waals surface area (Å²) >= 11 is 5.09.